The Morgan fingerprint density at radius 1 is 1.24 bits per heavy atom. The van der Waals surface area contributed by atoms with Crippen LogP contribution in [0.2, 0.25) is 0 Å². The third-order valence-electron chi connectivity index (χ3n) is 3.64. The number of nitrogens with one attached hydrogen (secondary N) is 1. The highest BCUT2D eigenvalue weighted by atomic mass is 32.1. The molecular formula is C19H21N3O2S. The van der Waals surface area contributed by atoms with Crippen molar-refractivity contribution in [2.75, 3.05) is 11.6 Å². The Morgan fingerprint density at radius 2 is 2.00 bits per heavy atom. The van der Waals surface area contributed by atoms with Crippen molar-refractivity contribution in [1.82, 2.24) is 9.78 Å². The molecule has 1 amide bonds. The molecule has 0 saturated heterocycles. The summed E-state index contributed by atoms with van der Waals surface area (Å²) in [6, 6.07) is 11.9. The number of aromatic nitrogens is 2. The number of aryl methyl sites for hydroxylation is 2. The predicted octanol–water partition coefficient (Wildman–Crippen LogP) is 4.20. The summed E-state index contributed by atoms with van der Waals surface area (Å²) < 4.78 is 1.85. The number of fused-ring (bicyclic) bond motifs is 1. The van der Waals surface area contributed by atoms with Crippen LogP contribution in [0.5, 0.6) is 0 Å². The van der Waals surface area contributed by atoms with Gasteiger partial charge in [-0.25, -0.2) is 4.68 Å². The minimum atomic E-state index is -0.378. The molecule has 3 aromatic rings. The van der Waals surface area contributed by atoms with Gasteiger partial charge in [0, 0.05) is 17.1 Å². The minimum absolute atomic E-state index is 0.378. The summed E-state index contributed by atoms with van der Waals surface area (Å²) in [6.45, 7) is 3.95. The van der Waals surface area contributed by atoms with E-state index in [-0.39, 0.29) is 5.91 Å². The van der Waals surface area contributed by atoms with Crippen molar-refractivity contribution in [3.8, 4) is 5.69 Å². The van der Waals surface area contributed by atoms with Gasteiger partial charge in [0.15, 0.2) is 0 Å². The highest BCUT2D eigenvalue weighted by molar-refractivity contribution is 7.79. The lowest BCUT2D eigenvalue weighted by atomic mass is 10.1. The van der Waals surface area contributed by atoms with Gasteiger partial charge < -0.3 is 10.4 Å². The normalized spacial score (nSPS) is 10.6. The number of carbonyl (C=O) groups is 1. The number of anilines is 1. The van der Waals surface area contributed by atoms with E-state index >= 15 is 0 Å². The third kappa shape index (κ3) is 4.22. The van der Waals surface area contributed by atoms with Crippen LogP contribution in [0.25, 0.3) is 16.6 Å². The maximum Gasteiger partial charge on any atom is 0.251 e. The SMILES string of the molecule is CS.Cc1cccc(-n2ncc3cc(C)c(NC(=O)/C=C/O)cc32)c1. The molecular weight excluding hydrogens is 334 g/mol. The molecule has 25 heavy (non-hydrogen) atoms. The van der Waals surface area contributed by atoms with E-state index in [1.165, 1.54) is 0 Å². The molecule has 2 aromatic carbocycles. The summed E-state index contributed by atoms with van der Waals surface area (Å²) in [4.78, 5) is 11.7. The monoisotopic (exact) mass is 355 g/mol. The fraction of sp³-hybridized carbons (Fsp3) is 0.158. The van der Waals surface area contributed by atoms with Gasteiger partial charge in [-0.3, -0.25) is 4.79 Å². The molecule has 0 aliphatic carbocycles. The third-order valence-corrected chi connectivity index (χ3v) is 3.64. The molecule has 3 rings (SSSR count). The van der Waals surface area contributed by atoms with Crippen LogP contribution >= 0.6 is 12.6 Å². The molecule has 0 bridgehead atoms. The highest BCUT2D eigenvalue weighted by Crippen LogP contribution is 2.26. The molecule has 2 N–H and O–H groups in total. The number of rotatable bonds is 3. The quantitative estimate of drug-likeness (QED) is 0.375. The lowest BCUT2D eigenvalue weighted by Crippen LogP contribution is -2.09. The van der Waals surface area contributed by atoms with Gasteiger partial charge >= 0.3 is 0 Å². The summed E-state index contributed by atoms with van der Waals surface area (Å²) in [5.41, 5.74) is 4.65. The van der Waals surface area contributed by atoms with Crippen molar-refractivity contribution >= 4 is 35.1 Å². The molecule has 1 aromatic heterocycles. The number of amides is 1. The van der Waals surface area contributed by atoms with Gasteiger partial charge in [0.05, 0.1) is 23.7 Å². The van der Waals surface area contributed by atoms with Gasteiger partial charge in [-0.05, 0) is 55.5 Å². The number of benzene rings is 2. The van der Waals surface area contributed by atoms with E-state index in [0.29, 0.717) is 5.69 Å². The number of aliphatic hydroxyl groups is 1. The summed E-state index contributed by atoms with van der Waals surface area (Å²) in [5.74, 6) is -0.378. The average Bonchev–Trinajstić information content (AvgIpc) is 3.00. The molecule has 1 heterocycles. The molecule has 0 spiro atoms. The van der Waals surface area contributed by atoms with Crippen LogP contribution in [-0.4, -0.2) is 27.0 Å². The van der Waals surface area contributed by atoms with Gasteiger partial charge in [0.2, 0.25) is 0 Å². The molecule has 0 saturated carbocycles. The van der Waals surface area contributed by atoms with Crippen molar-refractivity contribution in [2.24, 2.45) is 0 Å². The largest absolute Gasteiger partial charge is 0.515 e. The molecule has 0 aliphatic heterocycles. The van der Waals surface area contributed by atoms with E-state index in [1.807, 2.05) is 55.1 Å². The van der Waals surface area contributed by atoms with E-state index in [1.54, 1.807) is 6.26 Å². The summed E-state index contributed by atoms with van der Waals surface area (Å²) >= 11 is 3.53. The molecule has 0 radical (unpaired) electrons. The smallest absolute Gasteiger partial charge is 0.251 e. The Balaban J connectivity index is 0.00000109. The molecule has 0 atom stereocenters. The van der Waals surface area contributed by atoms with Crippen LogP contribution in [-0.2, 0) is 4.79 Å². The second-order valence-corrected chi connectivity index (χ2v) is 5.43. The summed E-state index contributed by atoms with van der Waals surface area (Å²) in [5, 5.41) is 16.9. The topological polar surface area (TPSA) is 67.2 Å². The molecule has 0 unspecified atom stereocenters. The van der Waals surface area contributed by atoms with Gasteiger partial charge in [-0.15, -0.1) is 0 Å². The Bertz CT molecular complexity index is 916. The van der Waals surface area contributed by atoms with Gasteiger partial charge in [-0.1, -0.05) is 12.1 Å². The number of aliphatic hydroxyl groups excluding tert-OH is 1. The summed E-state index contributed by atoms with van der Waals surface area (Å²) in [6.07, 6.45) is 5.30. The Hall–Kier alpha value is -2.73. The zero-order valence-electron chi connectivity index (χ0n) is 14.4. The first-order valence-corrected chi connectivity index (χ1v) is 8.60. The first-order valence-electron chi connectivity index (χ1n) is 7.70. The van der Waals surface area contributed by atoms with Crippen LogP contribution in [0.4, 0.5) is 5.69 Å². The van der Waals surface area contributed by atoms with Crippen molar-refractivity contribution in [2.45, 2.75) is 13.8 Å². The Labute approximate surface area is 152 Å². The predicted molar refractivity (Wildman–Crippen MR) is 106 cm³/mol. The van der Waals surface area contributed by atoms with E-state index < -0.39 is 0 Å². The number of hydrogen-bond acceptors (Lipinski definition) is 4. The van der Waals surface area contributed by atoms with E-state index in [9.17, 15) is 4.79 Å². The number of carbonyl (C=O) groups excluding carboxylic acids is 1. The minimum Gasteiger partial charge on any atom is -0.515 e. The van der Waals surface area contributed by atoms with Crippen molar-refractivity contribution in [1.29, 1.82) is 0 Å². The second kappa shape index (κ2) is 8.39. The maximum atomic E-state index is 11.7. The standard InChI is InChI=1S/C18H17N3O2.CH4S/c1-12-4-3-5-15(8-12)21-17-10-16(20-18(23)6-7-22)13(2)9-14(17)11-19-21;1-2/h3-11,22H,1-2H3,(H,20,23);2H,1H3/b7-6+;. The number of thiol groups is 1. The van der Waals surface area contributed by atoms with Crippen molar-refractivity contribution < 1.29 is 9.90 Å². The van der Waals surface area contributed by atoms with E-state index in [2.05, 4.69) is 29.1 Å². The van der Waals surface area contributed by atoms with Crippen LogP contribution in [0.15, 0.2) is 54.9 Å². The zero-order chi connectivity index (χ0) is 18.4. The van der Waals surface area contributed by atoms with E-state index in [0.717, 1.165) is 40.1 Å². The second-order valence-electron chi connectivity index (χ2n) is 5.43. The maximum absolute atomic E-state index is 11.7. The first-order chi connectivity index (χ1) is 12.1. The highest BCUT2D eigenvalue weighted by Gasteiger charge is 2.10. The molecule has 0 fully saturated rings. The Morgan fingerprint density at radius 3 is 2.68 bits per heavy atom. The molecule has 5 nitrogen and oxygen atoms in total. The Kier molecular flexibility index (Phi) is 6.25. The molecule has 6 heteroatoms. The van der Waals surface area contributed by atoms with Crippen LogP contribution in [0, 0.1) is 13.8 Å². The summed E-state index contributed by atoms with van der Waals surface area (Å²) in [7, 11) is 0. The van der Waals surface area contributed by atoms with Gasteiger partial charge in [0.1, 0.15) is 0 Å². The number of nitrogens with zero attached hydrogens (tertiary/aromatic N) is 2. The van der Waals surface area contributed by atoms with Crippen LogP contribution in [0.3, 0.4) is 0 Å². The van der Waals surface area contributed by atoms with E-state index in [4.69, 9.17) is 5.11 Å². The fourth-order valence-electron chi connectivity index (χ4n) is 2.53. The zero-order valence-corrected chi connectivity index (χ0v) is 15.3. The van der Waals surface area contributed by atoms with Gasteiger partial charge in [0.25, 0.3) is 5.91 Å². The first kappa shape index (κ1) is 18.6. The number of hydrogen-bond donors (Lipinski definition) is 3. The van der Waals surface area contributed by atoms with Gasteiger partial charge in [-0.2, -0.15) is 17.7 Å². The van der Waals surface area contributed by atoms with Crippen LogP contribution in [0.1, 0.15) is 11.1 Å². The average molecular weight is 355 g/mol. The van der Waals surface area contributed by atoms with Crippen molar-refractivity contribution in [3.63, 3.8) is 0 Å². The molecule has 130 valence electrons. The van der Waals surface area contributed by atoms with Crippen LogP contribution < -0.4 is 5.32 Å². The van der Waals surface area contributed by atoms with Crippen molar-refractivity contribution in [3.05, 3.63) is 66.1 Å². The lowest BCUT2D eigenvalue weighted by Gasteiger charge is -2.09. The fourth-order valence-corrected chi connectivity index (χ4v) is 2.53. The lowest BCUT2D eigenvalue weighted by molar-refractivity contribution is -0.112. The molecule has 0 aliphatic rings.